The molecule has 3 aliphatic rings. The lowest BCUT2D eigenvalue weighted by atomic mass is 9.57. The van der Waals surface area contributed by atoms with E-state index in [1.165, 1.54) is 11.0 Å². The Morgan fingerprint density at radius 2 is 1.85 bits per heavy atom. The first-order valence-corrected chi connectivity index (χ1v) is 13.3. The predicted octanol–water partition coefficient (Wildman–Crippen LogP) is 1.49. The second kappa shape index (κ2) is 10.0. The average molecular weight is 564 g/mol. The highest BCUT2D eigenvalue weighted by Gasteiger charge is 2.64. The summed E-state index contributed by atoms with van der Waals surface area (Å²) < 4.78 is 5.67. The number of aliphatic hydroxyl groups excluding tert-OH is 2. The highest BCUT2D eigenvalue weighted by Crippen LogP contribution is 2.53. The van der Waals surface area contributed by atoms with Crippen molar-refractivity contribution in [2.75, 3.05) is 20.7 Å². The molecule has 0 unspecified atom stereocenters. The number of rotatable bonds is 6. The van der Waals surface area contributed by atoms with Gasteiger partial charge in [-0.05, 0) is 74.7 Å². The maximum atomic E-state index is 14.0. The van der Waals surface area contributed by atoms with Crippen molar-refractivity contribution in [1.82, 2.24) is 4.90 Å². The van der Waals surface area contributed by atoms with Crippen LogP contribution in [0.15, 0.2) is 47.2 Å². The van der Waals surface area contributed by atoms with E-state index >= 15 is 0 Å². The van der Waals surface area contributed by atoms with Gasteiger partial charge in [-0.2, -0.15) is 0 Å². The van der Waals surface area contributed by atoms with E-state index in [0.29, 0.717) is 23.5 Å². The topological polar surface area (TPSA) is 197 Å². The number of aliphatic hydroxyl groups is 3. The average Bonchev–Trinajstić information content (AvgIpc) is 2.91. The highest BCUT2D eigenvalue weighted by molar-refractivity contribution is 6.24. The van der Waals surface area contributed by atoms with Gasteiger partial charge in [0, 0.05) is 23.6 Å². The lowest BCUT2D eigenvalue weighted by molar-refractivity contribution is -0.153. The molecule has 1 saturated carbocycles. The van der Waals surface area contributed by atoms with Crippen molar-refractivity contribution in [3.63, 3.8) is 0 Å². The number of nitrogens with zero attached hydrogens (tertiary/aromatic N) is 1. The van der Waals surface area contributed by atoms with Crippen LogP contribution < -0.4 is 16.2 Å². The van der Waals surface area contributed by atoms with E-state index in [-0.39, 0.29) is 36.3 Å². The van der Waals surface area contributed by atoms with E-state index in [9.17, 15) is 34.8 Å². The van der Waals surface area contributed by atoms with E-state index in [1.807, 2.05) is 19.1 Å². The number of aromatic hydroxyl groups is 1. The van der Waals surface area contributed by atoms with Gasteiger partial charge >= 0.3 is 0 Å². The van der Waals surface area contributed by atoms with Crippen molar-refractivity contribution < 1.29 is 39.5 Å². The van der Waals surface area contributed by atoms with Gasteiger partial charge in [-0.1, -0.05) is 12.1 Å². The van der Waals surface area contributed by atoms with Crippen LogP contribution in [0.25, 0.3) is 16.9 Å². The monoisotopic (exact) mass is 563 g/mol. The minimum Gasteiger partial charge on any atom is -0.508 e. The van der Waals surface area contributed by atoms with Crippen LogP contribution in [0.3, 0.4) is 0 Å². The van der Waals surface area contributed by atoms with Crippen molar-refractivity contribution in [2.24, 2.45) is 23.3 Å². The summed E-state index contributed by atoms with van der Waals surface area (Å²) in [5, 5.41) is 45.0. The van der Waals surface area contributed by atoms with Crippen molar-refractivity contribution in [3.05, 3.63) is 63.9 Å². The number of amides is 1. The number of fused-ring (bicyclic) bond motifs is 3. The number of carbonyl (C=O) groups is 3. The van der Waals surface area contributed by atoms with Crippen LogP contribution in [-0.4, -0.2) is 75.1 Å². The smallest absolute Gasteiger partial charge is 0.255 e. The van der Waals surface area contributed by atoms with Crippen molar-refractivity contribution in [1.29, 1.82) is 0 Å². The van der Waals surface area contributed by atoms with Gasteiger partial charge in [-0.15, -0.1) is 0 Å². The second-order valence-electron chi connectivity index (χ2n) is 10.9. The van der Waals surface area contributed by atoms with Crippen LogP contribution in [0.2, 0.25) is 0 Å². The van der Waals surface area contributed by atoms with E-state index in [4.69, 9.17) is 16.2 Å². The molecule has 4 atom stereocenters. The molecule has 216 valence electrons. The number of carbonyl (C=O) groups excluding carboxylic acids is 3. The molecule has 2 aromatic carbocycles. The summed E-state index contributed by atoms with van der Waals surface area (Å²) in [5.41, 5.74) is 10.4. The molecular formula is C30H33N3O8. The van der Waals surface area contributed by atoms with E-state index in [1.54, 1.807) is 26.2 Å². The van der Waals surface area contributed by atoms with Gasteiger partial charge < -0.3 is 36.6 Å². The number of ketones is 2. The SMILES string of the molecule is CCOc1ccc(-c2ccc(O)c3c2C[C@@H]2C[C@@H]4[C@@H](N(C)C)C(=O)C(C(N)=O)=C(O)[C@]4(O)C(=O)C2=C3O)cc1CN. The molecule has 0 aliphatic heterocycles. The van der Waals surface area contributed by atoms with Gasteiger partial charge in [0.1, 0.15) is 28.6 Å². The Morgan fingerprint density at radius 1 is 1.15 bits per heavy atom. The molecule has 1 amide bonds. The molecule has 41 heavy (non-hydrogen) atoms. The molecule has 1 fully saturated rings. The molecule has 8 N–H and O–H groups in total. The zero-order valence-electron chi connectivity index (χ0n) is 23.0. The van der Waals surface area contributed by atoms with Gasteiger partial charge in [0.25, 0.3) is 5.91 Å². The summed E-state index contributed by atoms with van der Waals surface area (Å²) >= 11 is 0. The van der Waals surface area contributed by atoms with Crippen LogP contribution in [0.4, 0.5) is 0 Å². The van der Waals surface area contributed by atoms with E-state index in [2.05, 4.69) is 0 Å². The second-order valence-corrected chi connectivity index (χ2v) is 10.9. The van der Waals surface area contributed by atoms with Gasteiger partial charge in [0.15, 0.2) is 11.4 Å². The zero-order valence-corrected chi connectivity index (χ0v) is 23.0. The lowest BCUT2D eigenvalue weighted by Gasteiger charge is -2.50. The Kier molecular flexibility index (Phi) is 6.93. The molecular weight excluding hydrogens is 530 g/mol. The molecule has 0 saturated heterocycles. The largest absolute Gasteiger partial charge is 0.508 e. The highest BCUT2D eigenvalue weighted by atomic mass is 16.5. The van der Waals surface area contributed by atoms with Gasteiger partial charge in [-0.25, -0.2) is 0 Å². The number of hydrogen-bond donors (Lipinski definition) is 6. The number of phenolic OH excluding ortho intramolecular Hbond substituents is 1. The van der Waals surface area contributed by atoms with Gasteiger partial charge in [0.05, 0.1) is 18.2 Å². The Morgan fingerprint density at radius 3 is 2.46 bits per heavy atom. The molecule has 0 spiro atoms. The fraction of sp³-hybridized carbons (Fsp3) is 0.367. The number of likely N-dealkylation sites (N-methyl/N-ethyl adjacent to an activating group) is 1. The standard InChI is InChI=1S/C30H33N3O8/c1-4-41-20-8-5-13(9-15(20)12-31)16-6-7-19(34)22-17(16)10-14-11-18-24(33(2)3)26(36)23(29(32)39)28(38)30(18,40)27(37)21(14)25(22)35/h5-9,14,18,24,34-35,38,40H,4,10-12,31H2,1-3H3,(H2,32,39)/t14-,18-,24-,30-/m1/s1. The Bertz CT molecular complexity index is 1560. The van der Waals surface area contributed by atoms with Crippen LogP contribution >= 0.6 is 0 Å². The van der Waals surface area contributed by atoms with Crippen LogP contribution in [-0.2, 0) is 27.3 Å². The quantitative estimate of drug-likeness (QED) is 0.280. The van der Waals surface area contributed by atoms with Gasteiger partial charge in [0.2, 0.25) is 5.78 Å². The van der Waals surface area contributed by atoms with Gasteiger partial charge in [-0.3, -0.25) is 19.3 Å². The summed E-state index contributed by atoms with van der Waals surface area (Å²) in [5.74, 6) is -6.21. The Hall–Kier alpha value is -4.19. The molecule has 0 heterocycles. The summed E-state index contributed by atoms with van der Waals surface area (Å²) in [4.78, 5) is 40.9. The Labute approximate surface area is 236 Å². The first-order chi connectivity index (χ1) is 19.4. The maximum Gasteiger partial charge on any atom is 0.255 e. The summed E-state index contributed by atoms with van der Waals surface area (Å²) in [6.07, 6.45) is 0.196. The summed E-state index contributed by atoms with van der Waals surface area (Å²) in [6.45, 7) is 2.56. The number of hydrogen-bond acceptors (Lipinski definition) is 10. The number of nitrogens with two attached hydrogens (primary N) is 2. The van der Waals surface area contributed by atoms with Crippen LogP contribution in [0.1, 0.15) is 30.0 Å². The molecule has 0 bridgehead atoms. The summed E-state index contributed by atoms with van der Waals surface area (Å²) in [6, 6.07) is 7.48. The molecule has 3 aliphatic carbocycles. The first-order valence-electron chi connectivity index (χ1n) is 13.3. The maximum absolute atomic E-state index is 14.0. The lowest BCUT2D eigenvalue weighted by Crippen LogP contribution is -2.65. The third-order valence-corrected chi connectivity index (χ3v) is 8.50. The van der Waals surface area contributed by atoms with Crippen LogP contribution in [0, 0.1) is 11.8 Å². The minimum atomic E-state index is -2.68. The third kappa shape index (κ3) is 4.03. The first kappa shape index (κ1) is 28.3. The number of Topliss-reactive ketones (excluding diaryl/α,β-unsaturated/α-hetero) is 2. The molecule has 2 aromatic rings. The number of ether oxygens (including phenoxy) is 1. The van der Waals surface area contributed by atoms with E-state index < -0.39 is 58.0 Å². The molecule has 0 aromatic heterocycles. The fourth-order valence-corrected chi connectivity index (χ4v) is 6.72. The summed E-state index contributed by atoms with van der Waals surface area (Å²) in [7, 11) is 3.12. The van der Waals surface area contributed by atoms with E-state index in [0.717, 1.165) is 11.1 Å². The van der Waals surface area contributed by atoms with Crippen molar-refractivity contribution in [3.8, 4) is 22.6 Å². The molecule has 11 nitrogen and oxygen atoms in total. The van der Waals surface area contributed by atoms with Crippen LogP contribution in [0.5, 0.6) is 11.5 Å². The predicted molar refractivity (Wildman–Crippen MR) is 149 cm³/mol. The number of phenols is 1. The molecule has 5 rings (SSSR count). The number of primary amides is 1. The van der Waals surface area contributed by atoms with Crippen molar-refractivity contribution >= 4 is 23.2 Å². The number of benzene rings is 2. The molecule has 0 radical (unpaired) electrons. The molecule has 11 heteroatoms. The van der Waals surface area contributed by atoms with Crippen molar-refractivity contribution in [2.45, 2.75) is 38.0 Å². The minimum absolute atomic E-state index is 0.0121. The third-order valence-electron chi connectivity index (χ3n) is 8.50. The zero-order chi connectivity index (χ0) is 30.0. The fourth-order valence-electron chi connectivity index (χ4n) is 6.72. The Balaban J connectivity index is 1.71. The normalized spacial score (nSPS) is 25.7.